The van der Waals surface area contributed by atoms with Crippen molar-refractivity contribution < 1.29 is 19.7 Å². The van der Waals surface area contributed by atoms with Gasteiger partial charge < -0.3 is 19.7 Å². The fraction of sp³-hybridized carbons (Fsp3) is 0.769. The Morgan fingerprint density at radius 2 is 1.57 bits per heavy atom. The number of hydrogen-bond acceptors (Lipinski definition) is 4. The van der Waals surface area contributed by atoms with Gasteiger partial charge in [-0.15, -0.1) is 0 Å². The summed E-state index contributed by atoms with van der Waals surface area (Å²) in [7, 11) is 0. The minimum absolute atomic E-state index is 0.0712. The van der Waals surface area contributed by atoms with E-state index in [2.05, 4.69) is 55.4 Å². The zero-order valence-corrected chi connectivity index (χ0v) is 20.4. The van der Waals surface area contributed by atoms with Crippen LogP contribution < -0.4 is 0 Å². The Morgan fingerprint density at radius 1 is 0.967 bits per heavy atom. The van der Waals surface area contributed by atoms with Crippen LogP contribution in [-0.4, -0.2) is 29.0 Å². The first-order chi connectivity index (χ1) is 13.8. The maximum atomic E-state index is 10.2. The van der Waals surface area contributed by atoms with Crippen molar-refractivity contribution in [3.8, 4) is 5.75 Å². The number of rotatable bonds is 9. The van der Waals surface area contributed by atoms with Crippen LogP contribution in [-0.2, 0) is 9.47 Å². The molecule has 0 amide bonds. The fourth-order valence-corrected chi connectivity index (χ4v) is 4.32. The predicted molar refractivity (Wildman–Crippen MR) is 122 cm³/mol. The third-order valence-electron chi connectivity index (χ3n) is 8.16. The molecule has 4 atom stereocenters. The van der Waals surface area contributed by atoms with Crippen molar-refractivity contribution in [2.24, 2.45) is 22.2 Å². The van der Waals surface area contributed by atoms with E-state index in [-0.39, 0.29) is 40.8 Å². The predicted octanol–water partition coefficient (Wildman–Crippen LogP) is 6.46. The Labute approximate surface area is 184 Å². The molecule has 1 aromatic rings. The summed E-state index contributed by atoms with van der Waals surface area (Å²) < 4.78 is 12.4. The van der Waals surface area contributed by atoms with Crippen molar-refractivity contribution >= 4 is 0 Å². The van der Waals surface area contributed by atoms with Crippen molar-refractivity contribution in [2.75, 3.05) is 6.61 Å². The zero-order valence-electron chi connectivity index (χ0n) is 20.4. The Hall–Kier alpha value is -1.10. The molecule has 1 fully saturated rings. The van der Waals surface area contributed by atoms with E-state index >= 15 is 0 Å². The number of ether oxygens (including phenoxy) is 2. The van der Waals surface area contributed by atoms with Gasteiger partial charge in [-0.3, -0.25) is 0 Å². The maximum absolute atomic E-state index is 10.2. The topological polar surface area (TPSA) is 58.9 Å². The van der Waals surface area contributed by atoms with Crippen molar-refractivity contribution in [2.45, 2.75) is 99.6 Å². The van der Waals surface area contributed by atoms with Crippen LogP contribution in [0.1, 0.15) is 92.9 Å². The normalized spacial score (nSPS) is 24.6. The van der Waals surface area contributed by atoms with Crippen LogP contribution in [0.2, 0.25) is 0 Å². The molecule has 4 unspecified atom stereocenters. The Morgan fingerprint density at radius 3 is 2.17 bits per heavy atom. The van der Waals surface area contributed by atoms with Gasteiger partial charge in [-0.25, -0.2) is 0 Å². The molecule has 1 saturated heterocycles. The van der Waals surface area contributed by atoms with E-state index in [1.54, 1.807) is 6.07 Å². The van der Waals surface area contributed by atoms with Crippen molar-refractivity contribution in [1.29, 1.82) is 0 Å². The number of aromatic hydroxyl groups is 1. The summed E-state index contributed by atoms with van der Waals surface area (Å²) in [6, 6.07) is 7.27. The minimum atomic E-state index is -0.530. The van der Waals surface area contributed by atoms with Crippen molar-refractivity contribution in [1.82, 2.24) is 0 Å². The highest BCUT2D eigenvalue weighted by atomic mass is 16.7. The molecule has 0 aromatic heterocycles. The van der Waals surface area contributed by atoms with E-state index < -0.39 is 6.29 Å². The summed E-state index contributed by atoms with van der Waals surface area (Å²) in [6.07, 6.45) is 3.48. The Balaban J connectivity index is 2.09. The molecule has 4 nitrogen and oxygen atoms in total. The van der Waals surface area contributed by atoms with Crippen molar-refractivity contribution in [3.05, 3.63) is 29.8 Å². The van der Waals surface area contributed by atoms with E-state index in [4.69, 9.17) is 9.47 Å². The van der Waals surface area contributed by atoms with E-state index in [0.29, 0.717) is 11.5 Å². The molecule has 0 bridgehead atoms. The molecule has 0 saturated carbocycles. The van der Waals surface area contributed by atoms with Gasteiger partial charge in [-0.05, 0) is 54.4 Å². The van der Waals surface area contributed by atoms with Gasteiger partial charge in [0.25, 0.3) is 0 Å². The average molecular weight is 421 g/mol. The number of aliphatic hydroxyl groups excluding tert-OH is 1. The monoisotopic (exact) mass is 420 g/mol. The number of aliphatic hydroxyl groups is 1. The lowest BCUT2D eigenvalue weighted by atomic mass is 9.61. The second-order valence-corrected chi connectivity index (χ2v) is 11.3. The first-order valence-corrected chi connectivity index (χ1v) is 11.5. The van der Waals surface area contributed by atoms with Gasteiger partial charge in [0.05, 0.1) is 12.2 Å². The second kappa shape index (κ2) is 9.58. The summed E-state index contributed by atoms with van der Waals surface area (Å²) >= 11 is 0. The highest BCUT2D eigenvalue weighted by Crippen LogP contribution is 2.49. The first kappa shape index (κ1) is 25.2. The minimum Gasteiger partial charge on any atom is -0.507 e. The second-order valence-electron chi connectivity index (χ2n) is 11.3. The van der Waals surface area contributed by atoms with Crippen LogP contribution in [0.15, 0.2) is 24.3 Å². The molecular weight excluding hydrogens is 376 g/mol. The summed E-state index contributed by atoms with van der Waals surface area (Å²) in [4.78, 5) is 0. The Bertz CT molecular complexity index is 679. The smallest absolute Gasteiger partial charge is 0.188 e. The molecule has 2 N–H and O–H groups in total. The molecule has 0 radical (unpaired) electrons. The molecular formula is C26H44O4. The van der Waals surface area contributed by atoms with E-state index in [0.717, 1.165) is 25.7 Å². The molecule has 0 aliphatic carbocycles. The van der Waals surface area contributed by atoms with Crippen molar-refractivity contribution in [3.63, 3.8) is 0 Å². The number of phenols is 1. The third-order valence-corrected chi connectivity index (χ3v) is 8.16. The summed E-state index contributed by atoms with van der Waals surface area (Å²) in [5.41, 5.74) is 1.01. The molecule has 4 heteroatoms. The highest BCUT2D eigenvalue weighted by Gasteiger charge is 2.42. The summed E-state index contributed by atoms with van der Waals surface area (Å²) in [5.74, 6) is 0.559. The van der Waals surface area contributed by atoms with Crippen LogP contribution in [0.3, 0.4) is 0 Å². The zero-order chi connectivity index (χ0) is 22.7. The molecule has 1 aliphatic rings. The highest BCUT2D eigenvalue weighted by molar-refractivity contribution is 5.33. The lowest BCUT2D eigenvalue weighted by Gasteiger charge is -2.46. The van der Waals surface area contributed by atoms with Crippen LogP contribution in [0.5, 0.6) is 5.75 Å². The van der Waals surface area contributed by atoms with Gasteiger partial charge in [-0.1, -0.05) is 66.7 Å². The Kier molecular flexibility index (Phi) is 8.04. The van der Waals surface area contributed by atoms with Gasteiger partial charge in [0.15, 0.2) is 6.29 Å². The molecule has 0 spiro atoms. The van der Waals surface area contributed by atoms with Gasteiger partial charge in [0.2, 0.25) is 0 Å². The standard InChI is InChI=1S/C26H44O4/c1-18-17-22(30-23(29-18)20-11-9-10-12-21(20)28)19(2)24(3,4)13-14-25(5,6)26(7,8)15-16-27/h9-12,18-19,22-23,27-28H,13-17H2,1-8H3. The van der Waals surface area contributed by atoms with E-state index in [9.17, 15) is 10.2 Å². The summed E-state index contributed by atoms with van der Waals surface area (Å²) in [6.45, 7) is 18.5. The molecule has 1 aromatic carbocycles. The van der Waals surface area contributed by atoms with Gasteiger partial charge >= 0.3 is 0 Å². The largest absolute Gasteiger partial charge is 0.507 e. The van der Waals surface area contributed by atoms with Gasteiger partial charge in [-0.2, -0.15) is 0 Å². The SMILES string of the molecule is CC1CC(C(C)C(C)(C)CCC(C)(C)C(C)(C)CCO)OC(c2ccccc2O)O1. The third kappa shape index (κ3) is 5.77. The molecule has 1 aliphatic heterocycles. The van der Waals surface area contributed by atoms with Gasteiger partial charge in [0.1, 0.15) is 5.75 Å². The van der Waals surface area contributed by atoms with Crippen LogP contribution >= 0.6 is 0 Å². The van der Waals surface area contributed by atoms with Gasteiger partial charge in [0, 0.05) is 18.6 Å². The number of phenolic OH excluding ortho intramolecular Hbond substituents is 1. The molecule has 30 heavy (non-hydrogen) atoms. The van der Waals surface area contributed by atoms with E-state index in [1.807, 2.05) is 18.2 Å². The quantitative estimate of drug-likeness (QED) is 0.481. The number of hydrogen-bond donors (Lipinski definition) is 2. The fourth-order valence-electron chi connectivity index (χ4n) is 4.32. The van der Waals surface area contributed by atoms with E-state index in [1.165, 1.54) is 0 Å². The molecule has 172 valence electrons. The average Bonchev–Trinajstić information content (AvgIpc) is 2.65. The number of para-hydroxylation sites is 1. The number of benzene rings is 1. The van der Waals surface area contributed by atoms with Crippen LogP contribution in [0.25, 0.3) is 0 Å². The summed E-state index contributed by atoms with van der Waals surface area (Å²) in [5, 5.41) is 19.7. The maximum Gasteiger partial charge on any atom is 0.188 e. The lowest BCUT2D eigenvalue weighted by Crippen LogP contribution is -2.42. The lowest BCUT2D eigenvalue weighted by molar-refractivity contribution is -0.260. The van der Waals surface area contributed by atoms with Crippen LogP contribution in [0, 0.1) is 22.2 Å². The molecule has 1 heterocycles. The molecule has 2 rings (SSSR count). The van der Waals surface area contributed by atoms with Crippen LogP contribution in [0.4, 0.5) is 0 Å². The first-order valence-electron chi connectivity index (χ1n) is 11.5.